The van der Waals surface area contributed by atoms with Crippen LogP contribution in [0.1, 0.15) is 35.3 Å². The summed E-state index contributed by atoms with van der Waals surface area (Å²) in [5.74, 6) is 0.591. The first kappa shape index (κ1) is 20.9. The molecule has 0 bridgehead atoms. The summed E-state index contributed by atoms with van der Waals surface area (Å²) in [5.41, 5.74) is 6.81. The molecule has 0 aliphatic carbocycles. The van der Waals surface area contributed by atoms with Gasteiger partial charge in [-0.2, -0.15) is 5.10 Å². The van der Waals surface area contributed by atoms with Crippen LogP contribution < -0.4 is 10.7 Å². The van der Waals surface area contributed by atoms with Gasteiger partial charge in [0.2, 0.25) is 0 Å². The van der Waals surface area contributed by atoms with E-state index in [1.165, 1.54) is 0 Å². The van der Waals surface area contributed by atoms with Gasteiger partial charge in [0, 0.05) is 41.5 Å². The molecule has 0 saturated heterocycles. The van der Waals surface area contributed by atoms with Crippen LogP contribution in [0.4, 0.5) is 5.69 Å². The van der Waals surface area contributed by atoms with Gasteiger partial charge in [-0.05, 0) is 69.7 Å². The van der Waals surface area contributed by atoms with Crippen molar-refractivity contribution in [1.82, 2.24) is 14.8 Å². The van der Waals surface area contributed by atoms with E-state index in [9.17, 15) is 4.79 Å². The lowest BCUT2D eigenvalue weighted by atomic mass is 9.98. The van der Waals surface area contributed by atoms with Crippen LogP contribution in [0.2, 0.25) is 0 Å². The molecule has 0 fully saturated rings. The number of aromatic nitrogens is 3. The standard InChI is InChI=1S/C27H26N4O2/c1-15-11-21(17(3)29-23-7-6-10-28-18(23)4)27-22(12-15)25(32)16(2)26(33-27)19-8-9-24-20(13-19)14-31(5)30-24/h6-14,17,29H,1-5H3/t17-/m1/s1. The van der Waals surface area contributed by atoms with E-state index in [1.807, 2.05) is 70.4 Å². The molecule has 0 radical (unpaired) electrons. The van der Waals surface area contributed by atoms with E-state index in [4.69, 9.17) is 4.42 Å². The number of rotatable bonds is 4. The fourth-order valence-corrected chi connectivity index (χ4v) is 4.40. The van der Waals surface area contributed by atoms with E-state index in [1.54, 1.807) is 10.9 Å². The molecule has 6 heteroatoms. The second-order valence-corrected chi connectivity index (χ2v) is 8.69. The Morgan fingerprint density at radius 3 is 2.70 bits per heavy atom. The lowest BCUT2D eigenvalue weighted by molar-refractivity contribution is 0.605. The third kappa shape index (κ3) is 3.67. The maximum atomic E-state index is 13.4. The molecule has 0 aliphatic rings. The lowest BCUT2D eigenvalue weighted by Gasteiger charge is -2.19. The van der Waals surface area contributed by atoms with Gasteiger partial charge < -0.3 is 9.73 Å². The van der Waals surface area contributed by atoms with Crippen LogP contribution in [0.3, 0.4) is 0 Å². The first-order chi connectivity index (χ1) is 15.8. The zero-order chi connectivity index (χ0) is 23.3. The van der Waals surface area contributed by atoms with Gasteiger partial charge in [-0.3, -0.25) is 14.5 Å². The van der Waals surface area contributed by atoms with Gasteiger partial charge in [0.1, 0.15) is 11.3 Å². The summed E-state index contributed by atoms with van der Waals surface area (Å²) < 4.78 is 8.29. The predicted molar refractivity (Wildman–Crippen MR) is 133 cm³/mol. The fraction of sp³-hybridized carbons (Fsp3) is 0.222. The summed E-state index contributed by atoms with van der Waals surface area (Å²) >= 11 is 0. The Kier molecular flexibility index (Phi) is 5.01. The number of pyridine rings is 1. The van der Waals surface area contributed by atoms with Gasteiger partial charge >= 0.3 is 0 Å². The second-order valence-electron chi connectivity index (χ2n) is 8.69. The van der Waals surface area contributed by atoms with Crippen LogP contribution in [0, 0.1) is 20.8 Å². The van der Waals surface area contributed by atoms with Crippen LogP contribution in [-0.2, 0) is 7.05 Å². The Bertz CT molecular complexity index is 1580. The lowest BCUT2D eigenvalue weighted by Crippen LogP contribution is -2.13. The molecule has 1 N–H and O–H groups in total. The quantitative estimate of drug-likeness (QED) is 0.382. The smallest absolute Gasteiger partial charge is 0.196 e. The molecule has 0 saturated carbocycles. The molecule has 3 heterocycles. The molecule has 166 valence electrons. The SMILES string of the molecule is Cc1cc([C@@H](C)Nc2cccnc2C)c2oc(-c3ccc4nn(C)cc4c3)c(C)c(=O)c2c1. The number of aryl methyl sites for hydroxylation is 3. The van der Waals surface area contributed by atoms with Crippen molar-refractivity contribution < 1.29 is 4.42 Å². The first-order valence-electron chi connectivity index (χ1n) is 11.0. The van der Waals surface area contributed by atoms with Crippen LogP contribution in [-0.4, -0.2) is 14.8 Å². The van der Waals surface area contributed by atoms with Crippen LogP contribution in [0.15, 0.2) is 64.1 Å². The van der Waals surface area contributed by atoms with Crippen LogP contribution in [0.25, 0.3) is 33.2 Å². The Morgan fingerprint density at radius 2 is 1.91 bits per heavy atom. The van der Waals surface area contributed by atoms with Crippen molar-refractivity contribution in [2.45, 2.75) is 33.7 Å². The molecule has 3 aromatic heterocycles. The zero-order valence-electron chi connectivity index (χ0n) is 19.4. The number of hydrogen-bond acceptors (Lipinski definition) is 5. The fourth-order valence-electron chi connectivity index (χ4n) is 4.40. The van der Waals surface area contributed by atoms with E-state index in [2.05, 4.69) is 28.4 Å². The molecule has 1 atom stereocenters. The Labute approximate surface area is 191 Å². The topological polar surface area (TPSA) is 73.0 Å². The molecular formula is C27H26N4O2. The second kappa shape index (κ2) is 7.89. The third-order valence-electron chi connectivity index (χ3n) is 6.12. The van der Waals surface area contributed by atoms with Gasteiger partial charge in [0.25, 0.3) is 0 Å². The summed E-state index contributed by atoms with van der Waals surface area (Å²) in [6.45, 7) is 7.88. The summed E-state index contributed by atoms with van der Waals surface area (Å²) in [6.07, 6.45) is 3.74. The molecule has 5 rings (SSSR count). The third-order valence-corrected chi connectivity index (χ3v) is 6.12. The molecule has 0 unspecified atom stereocenters. The molecule has 0 amide bonds. The minimum atomic E-state index is -0.0881. The number of nitrogens with one attached hydrogen (secondary N) is 1. The highest BCUT2D eigenvalue weighted by Gasteiger charge is 2.19. The van der Waals surface area contributed by atoms with Crippen molar-refractivity contribution in [3.05, 3.63) is 87.5 Å². The Balaban J connectivity index is 1.69. The van der Waals surface area contributed by atoms with Gasteiger partial charge in [-0.1, -0.05) is 6.07 Å². The van der Waals surface area contributed by atoms with Crippen LogP contribution in [0.5, 0.6) is 0 Å². The Hall–Kier alpha value is -3.93. The summed E-state index contributed by atoms with van der Waals surface area (Å²) in [6, 6.07) is 13.8. The summed E-state index contributed by atoms with van der Waals surface area (Å²) in [5, 5.41) is 9.58. The zero-order valence-corrected chi connectivity index (χ0v) is 19.4. The molecule has 0 spiro atoms. The molecular weight excluding hydrogens is 412 g/mol. The van der Waals surface area contributed by atoms with Crippen molar-refractivity contribution >= 4 is 27.6 Å². The van der Waals surface area contributed by atoms with E-state index in [0.717, 1.165) is 39.0 Å². The number of nitrogens with zero attached hydrogens (tertiary/aromatic N) is 3. The molecule has 0 aliphatic heterocycles. The highest BCUT2D eigenvalue weighted by molar-refractivity contribution is 5.87. The highest BCUT2D eigenvalue weighted by atomic mass is 16.3. The maximum absolute atomic E-state index is 13.4. The first-order valence-corrected chi connectivity index (χ1v) is 11.0. The minimum Gasteiger partial charge on any atom is -0.455 e. The highest BCUT2D eigenvalue weighted by Crippen LogP contribution is 2.33. The molecule has 33 heavy (non-hydrogen) atoms. The summed E-state index contributed by atoms with van der Waals surface area (Å²) in [7, 11) is 1.90. The van der Waals surface area contributed by atoms with Gasteiger partial charge in [0.05, 0.1) is 28.3 Å². The predicted octanol–water partition coefficient (Wildman–Crippen LogP) is 5.84. The van der Waals surface area contributed by atoms with Gasteiger partial charge in [-0.15, -0.1) is 0 Å². The number of hydrogen-bond donors (Lipinski definition) is 1. The minimum absolute atomic E-state index is 0.00718. The normalized spacial score (nSPS) is 12.4. The van der Waals surface area contributed by atoms with Crippen molar-refractivity contribution in [3.8, 4) is 11.3 Å². The van der Waals surface area contributed by atoms with E-state index in [0.29, 0.717) is 22.3 Å². The summed E-state index contributed by atoms with van der Waals surface area (Å²) in [4.78, 5) is 17.8. The van der Waals surface area contributed by atoms with Gasteiger partial charge in [-0.25, -0.2) is 0 Å². The average Bonchev–Trinajstić information content (AvgIpc) is 3.16. The maximum Gasteiger partial charge on any atom is 0.196 e. The largest absolute Gasteiger partial charge is 0.455 e. The van der Waals surface area contributed by atoms with E-state index < -0.39 is 0 Å². The molecule has 2 aromatic carbocycles. The number of fused-ring (bicyclic) bond motifs is 2. The number of benzene rings is 2. The number of anilines is 1. The van der Waals surface area contributed by atoms with Crippen molar-refractivity contribution in [1.29, 1.82) is 0 Å². The molecule has 5 aromatic rings. The van der Waals surface area contributed by atoms with E-state index in [-0.39, 0.29) is 11.5 Å². The van der Waals surface area contributed by atoms with E-state index >= 15 is 0 Å². The monoisotopic (exact) mass is 438 g/mol. The Morgan fingerprint density at radius 1 is 1.09 bits per heavy atom. The molecule has 6 nitrogen and oxygen atoms in total. The van der Waals surface area contributed by atoms with Gasteiger partial charge in [0.15, 0.2) is 5.43 Å². The van der Waals surface area contributed by atoms with Crippen molar-refractivity contribution in [2.75, 3.05) is 5.32 Å². The van der Waals surface area contributed by atoms with Crippen molar-refractivity contribution in [3.63, 3.8) is 0 Å². The van der Waals surface area contributed by atoms with Crippen molar-refractivity contribution in [2.24, 2.45) is 7.05 Å². The average molecular weight is 439 g/mol. The van der Waals surface area contributed by atoms with Crippen LogP contribution >= 0.6 is 0 Å².